The summed E-state index contributed by atoms with van der Waals surface area (Å²) in [5, 5.41) is 0. The molecule has 0 amide bonds. The Morgan fingerprint density at radius 1 is 1.04 bits per heavy atom. The third kappa shape index (κ3) is 4.25. The molecule has 3 saturated heterocycles. The topological polar surface area (TPSA) is 9.72 Å². The standard InChI is InChI=1S/C18H33F2N3S/c1-15(2)10-22-7-4-16(18(19,20)14-22)11-21-8-5-17(6-9-21)12-23(13-17)24-3/h15-16H,4-14H2,1-3H3. The van der Waals surface area contributed by atoms with Crippen molar-refractivity contribution in [2.24, 2.45) is 17.3 Å². The van der Waals surface area contributed by atoms with Crippen molar-refractivity contribution in [3.05, 3.63) is 0 Å². The summed E-state index contributed by atoms with van der Waals surface area (Å²) in [6.07, 6.45) is 5.14. The summed E-state index contributed by atoms with van der Waals surface area (Å²) in [7, 11) is 0. The lowest BCUT2D eigenvalue weighted by Crippen LogP contribution is -2.59. The predicted molar refractivity (Wildman–Crippen MR) is 97.5 cm³/mol. The molecule has 3 fully saturated rings. The van der Waals surface area contributed by atoms with Gasteiger partial charge in [0.25, 0.3) is 5.92 Å². The molecule has 3 heterocycles. The van der Waals surface area contributed by atoms with E-state index in [1.807, 2.05) is 16.8 Å². The van der Waals surface area contributed by atoms with Gasteiger partial charge in [0.1, 0.15) is 0 Å². The van der Waals surface area contributed by atoms with Crippen LogP contribution in [0.3, 0.4) is 0 Å². The third-order valence-electron chi connectivity index (χ3n) is 6.13. The Bertz CT molecular complexity index is 416. The first-order valence-corrected chi connectivity index (χ1v) is 10.6. The van der Waals surface area contributed by atoms with Gasteiger partial charge in [0, 0.05) is 37.5 Å². The number of halogens is 2. The van der Waals surface area contributed by atoms with Gasteiger partial charge in [-0.25, -0.2) is 13.1 Å². The number of hydrogen-bond acceptors (Lipinski definition) is 4. The first-order valence-electron chi connectivity index (χ1n) is 9.43. The van der Waals surface area contributed by atoms with E-state index in [2.05, 4.69) is 29.3 Å². The van der Waals surface area contributed by atoms with E-state index >= 15 is 0 Å². The van der Waals surface area contributed by atoms with Gasteiger partial charge < -0.3 is 4.90 Å². The van der Waals surface area contributed by atoms with Crippen molar-refractivity contribution in [1.29, 1.82) is 0 Å². The number of alkyl halides is 2. The third-order valence-corrected chi connectivity index (χ3v) is 6.90. The van der Waals surface area contributed by atoms with Gasteiger partial charge in [-0.15, -0.1) is 0 Å². The maximum atomic E-state index is 14.6. The Kier molecular flexibility index (Phi) is 5.80. The highest BCUT2D eigenvalue weighted by Crippen LogP contribution is 2.43. The molecule has 3 aliphatic heterocycles. The summed E-state index contributed by atoms with van der Waals surface area (Å²) >= 11 is 1.83. The molecule has 0 saturated carbocycles. The van der Waals surface area contributed by atoms with Crippen LogP contribution in [-0.4, -0.2) is 78.6 Å². The number of nitrogens with zero attached hydrogens (tertiary/aromatic N) is 3. The highest BCUT2D eigenvalue weighted by Gasteiger charge is 2.48. The van der Waals surface area contributed by atoms with Gasteiger partial charge >= 0.3 is 0 Å². The van der Waals surface area contributed by atoms with E-state index in [0.717, 1.165) is 26.2 Å². The maximum absolute atomic E-state index is 14.6. The summed E-state index contributed by atoms with van der Waals surface area (Å²) in [6, 6.07) is 0. The number of likely N-dealkylation sites (tertiary alicyclic amines) is 2. The zero-order chi connectivity index (χ0) is 17.4. The van der Waals surface area contributed by atoms with Crippen LogP contribution in [-0.2, 0) is 0 Å². The van der Waals surface area contributed by atoms with Crippen LogP contribution in [0.5, 0.6) is 0 Å². The number of hydrogen-bond donors (Lipinski definition) is 0. The molecule has 24 heavy (non-hydrogen) atoms. The zero-order valence-electron chi connectivity index (χ0n) is 15.4. The molecule has 3 rings (SSSR count). The first-order chi connectivity index (χ1) is 11.3. The molecule has 0 bridgehead atoms. The van der Waals surface area contributed by atoms with Crippen LogP contribution in [0.2, 0.25) is 0 Å². The van der Waals surface area contributed by atoms with E-state index in [1.54, 1.807) is 0 Å². The van der Waals surface area contributed by atoms with Crippen molar-refractivity contribution < 1.29 is 8.78 Å². The molecule has 0 aromatic heterocycles. The Balaban J connectivity index is 1.45. The second-order valence-electron chi connectivity index (χ2n) is 8.66. The smallest absolute Gasteiger partial charge is 0.264 e. The van der Waals surface area contributed by atoms with Crippen molar-refractivity contribution in [3.63, 3.8) is 0 Å². The summed E-state index contributed by atoms with van der Waals surface area (Å²) < 4.78 is 31.6. The Morgan fingerprint density at radius 2 is 1.71 bits per heavy atom. The van der Waals surface area contributed by atoms with E-state index in [-0.39, 0.29) is 6.54 Å². The molecule has 1 atom stereocenters. The van der Waals surface area contributed by atoms with E-state index in [9.17, 15) is 8.78 Å². The molecular weight excluding hydrogens is 328 g/mol. The van der Waals surface area contributed by atoms with Crippen molar-refractivity contribution >= 4 is 11.9 Å². The molecule has 3 nitrogen and oxygen atoms in total. The Labute approximate surface area is 150 Å². The minimum absolute atomic E-state index is 0.0453. The second-order valence-corrected chi connectivity index (χ2v) is 9.54. The molecule has 0 aromatic rings. The lowest BCUT2D eigenvalue weighted by molar-refractivity contribution is -0.123. The van der Waals surface area contributed by atoms with Crippen molar-refractivity contribution in [1.82, 2.24) is 14.1 Å². The largest absolute Gasteiger partial charge is 0.303 e. The minimum Gasteiger partial charge on any atom is -0.303 e. The predicted octanol–water partition coefficient (Wildman–Crippen LogP) is 3.28. The monoisotopic (exact) mass is 361 g/mol. The van der Waals surface area contributed by atoms with Crippen LogP contribution in [0, 0.1) is 17.3 Å². The lowest BCUT2D eigenvalue weighted by atomic mass is 9.73. The normalized spacial score (nSPS) is 31.5. The van der Waals surface area contributed by atoms with Gasteiger partial charge in [-0.2, -0.15) is 0 Å². The molecule has 0 aliphatic carbocycles. The molecule has 0 aromatic carbocycles. The molecule has 3 aliphatic rings. The SMILES string of the molecule is CSN1CC2(CCN(CC3CCN(CC(C)C)CC3(F)F)CC2)C1. The van der Waals surface area contributed by atoms with Crippen molar-refractivity contribution in [2.75, 3.05) is 58.6 Å². The highest BCUT2D eigenvalue weighted by molar-refractivity contribution is 7.96. The average molecular weight is 362 g/mol. The fraction of sp³-hybridized carbons (Fsp3) is 1.00. The quantitative estimate of drug-likeness (QED) is 0.695. The summed E-state index contributed by atoms with van der Waals surface area (Å²) in [5.41, 5.74) is 0.489. The lowest BCUT2D eigenvalue weighted by Gasteiger charge is -2.53. The Hall–Kier alpha value is 0.0900. The molecular formula is C18H33F2N3S. The number of piperidine rings is 2. The zero-order valence-corrected chi connectivity index (χ0v) is 16.3. The van der Waals surface area contributed by atoms with Gasteiger partial charge in [-0.05, 0) is 51.1 Å². The van der Waals surface area contributed by atoms with Gasteiger partial charge in [-0.3, -0.25) is 4.90 Å². The van der Waals surface area contributed by atoms with Gasteiger partial charge in [0.05, 0.1) is 6.54 Å². The van der Waals surface area contributed by atoms with E-state index in [0.29, 0.717) is 24.3 Å². The molecule has 0 radical (unpaired) electrons. The fourth-order valence-corrected chi connectivity index (χ4v) is 5.43. The second kappa shape index (κ2) is 7.37. The molecule has 6 heteroatoms. The van der Waals surface area contributed by atoms with Crippen LogP contribution in [0.4, 0.5) is 8.78 Å². The van der Waals surface area contributed by atoms with E-state index in [1.165, 1.54) is 25.9 Å². The minimum atomic E-state index is -2.53. The molecule has 1 spiro atoms. The van der Waals surface area contributed by atoms with Crippen molar-refractivity contribution in [3.8, 4) is 0 Å². The summed E-state index contributed by atoms with van der Waals surface area (Å²) in [6.45, 7) is 10.8. The molecule has 0 N–H and O–H groups in total. The highest BCUT2D eigenvalue weighted by atomic mass is 32.2. The van der Waals surface area contributed by atoms with Crippen molar-refractivity contribution in [2.45, 2.75) is 39.0 Å². The average Bonchev–Trinajstić information content (AvgIpc) is 2.47. The Morgan fingerprint density at radius 3 is 2.25 bits per heavy atom. The van der Waals surface area contributed by atoms with Crippen LogP contribution < -0.4 is 0 Å². The number of rotatable bonds is 5. The van der Waals surface area contributed by atoms with Gasteiger partial charge in [-0.1, -0.05) is 25.8 Å². The maximum Gasteiger partial charge on any atom is 0.264 e. The molecule has 1 unspecified atom stereocenters. The molecule has 140 valence electrons. The van der Waals surface area contributed by atoms with E-state index < -0.39 is 11.8 Å². The van der Waals surface area contributed by atoms with Crippen LogP contribution in [0.15, 0.2) is 0 Å². The summed E-state index contributed by atoms with van der Waals surface area (Å²) in [4.78, 5) is 4.27. The summed E-state index contributed by atoms with van der Waals surface area (Å²) in [5.74, 6) is -2.54. The van der Waals surface area contributed by atoms with Crippen LogP contribution in [0.25, 0.3) is 0 Å². The van der Waals surface area contributed by atoms with Gasteiger partial charge in [0.15, 0.2) is 0 Å². The van der Waals surface area contributed by atoms with E-state index in [4.69, 9.17) is 0 Å². The first kappa shape index (κ1) is 18.9. The van der Waals surface area contributed by atoms with Gasteiger partial charge in [0.2, 0.25) is 0 Å². The fourth-order valence-electron chi connectivity index (χ4n) is 4.62. The van der Waals surface area contributed by atoms with Crippen LogP contribution in [0.1, 0.15) is 33.1 Å². The van der Waals surface area contributed by atoms with Crippen LogP contribution >= 0.6 is 11.9 Å².